The maximum atomic E-state index is 6.14. The van der Waals surface area contributed by atoms with Gasteiger partial charge in [-0.3, -0.25) is 4.99 Å². The molecule has 3 heterocycles. The van der Waals surface area contributed by atoms with Crippen molar-refractivity contribution in [3.63, 3.8) is 0 Å². The number of anilines is 1. The Kier molecular flexibility index (Phi) is 8.21. The second-order valence-corrected chi connectivity index (χ2v) is 8.88. The minimum absolute atomic E-state index is 0. The molecule has 7 nitrogen and oxygen atoms in total. The number of nitrogens with one attached hydrogen (secondary N) is 2. The first-order valence-electron chi connectivity index (χ1n) is 11.0. The lowest BCUT2D eigenvalue weighted by Gasteiger charge is -2.38. The molecule has 0 radical (unpaired) electrons. The number of hydrogen-bond donors (Lipinski definition) is 2. The van der Waals surface area contributed by atoms with E-state index in [0.29, 0.717) is 6.54 Å². The van der Waals surface area contributed by atoms with Gasteiger partial charge in [0.25, 0.3) is 0 Å². The summed E-state index contributed by atoms with van der Waals surface area (Å²) >= 11 is 0. The number of aromatic nitrogens is 1. The van der Waals surface area contributed by atoms with E-state index in [-0.39, 0.29) is 41.7 Å². The molecule has 2 atom stereocenters. The topological polar surface area (TPSA) is 71.0 Å². The molecular weight excluding hydrogens is 517 g/mol. The Morgan fingerprint density at radius 3 is 2.78 bits per heavy atom. The maximum absolute atomic E-state index is 6.14. The van der Waals surface area contributed by atoms with E-state index in [0.717, 1.165) is 54.8 Å². The zero-order valence-electron chi connectivity index (χ0n) is 19.3. The third kappa shape index (κ3) is 6.04. The van der Waals surface area contributed by atoms with Gasteiger partial charge < -0.3 is 25.0 Å². The summed E-state index contributed by atoms with van der Waals surface area (Å²) in [5.74, 6) is 2.70. The molecule has 0 saturated carbocycles. The van der Waals surface area contributed by atoms with E-state index in [1.807, 2.05) is 24.4 Å². The van der Waals surface area contributed by atoms with Crippen LogP contribution >= 0.6 is 24.0 Å². The molecule has 174 valence electrons. The van der Waals surface area contributed by atoms with Crippen molar-refractivity contribution in [2.45, 2.75) is 51.5 Å². The van der Waals surface area contributed by atoms with Gasteiger partial charge >= 0.3 is 0 Å². The number of pyridine rings is 1. The summed E-state index contributed by atoms with van der Waals surface area (Å²) in [7, 11) is 1.80. The highest BCUT2D eigenvalue weighted by Gasteiger charge is 2.33. The van der Waals surface area contributed by atoms with Crippen LogP contribution < -0.4 is 20.3 Å². The third-order valence-electron chi connectivity index (χ3n) is 5.75. The summed E-state index contributed by atoms with van der Waals surface area (Å²) in [5.41, 5.74) is 2.04. The molecule has 0 bridgehead atoms. The molecule has 2 aliphatic rings. The number of rotatable bonds is 4. The normalized spacial score (nSPS) is 22.2. The number of benzene rings is 1. The van der Waals surface area contributed by atoms with E-state index in [2.05, 4.69) is 64.5 Å². The first-order valence-corrected chi connectivity index (χ1v) is 11.0. The molecule has 1 aromatic carbocycles. The molecular formula is C24H34IN5O2. The zero-order valence-corrected chi connectivity index (χ0v) is 21.6. The number of halogens is 1. The molecule has 8 heteroatoms. The lowest BCUT2D eigenvalue weighted by Crippen LogP contribution is -2.45. The fourth-order valence-electron chi connectivity index (χ4n) is 4.21. The van der Waals surface area contributed by atoms with Crippen LogP contribution in [0.25, 0.3) is 0 Å². The van der Waals surface area contributed by atoms with Crippen LogP contribution in [0.2, 0.25) is 0 Å². The number of guanidine groups is 1. The number of fused-ring (bicyclic) bond motifs is 1. The molecule has 2 unspecified atom stereocenters. The van der Waals surface area contributed by atoms with Crippen molar-refractivity contribution in [2.75, 3.05) is 31.6 Å². The Morgan fingerprint density at radius 1 is 1.25 bits per heavy atom. The average Bonchev–Trinajstić information content (AvgIpc) is 2.76. The second-order valence-electron chi connectivity index (χ2n) is 8.88. The number of nitrogens with zero attached hydrogens (tertiary/aromatic N) is 3. The van der Waals surface area contributed by atoms with Gasteiger partial charge in [-0.2, -0.15) is 0 Å². The first-order chi connectivity index (χ1) is 14.9. The monoisotopic (exact) mass is 551 g/mol. The largest absolute Gasteiger partial charge is 0.487 e. The van der Waals surface area contributed by atoms with Gasteiger partial charge in [0.1, 0.15) is 17.2 Å². The molecule has 0 aliphatic carbocycles. The van der Waals surface area contributed by atoms with Crippen molar-refractivity contribution >= 4 is 35.8 Å². The molecule has 2 aliphatic heterocycles. The summed E-state index contributed by atoms with van der Waals surface area (Å²) in [6.07, 6.45) is 3.04. The Labute approximate surface area is 208 Å². The van der Waals surface area contributed by atoms with Crippen LogP contribution in [0, 0.1) is 0 Å². The quantitative estimate of drug-likeness (QED) is 0.342. The zero-order chi connectivity index (χ0) is 21.8. The molecule has 2 aromatic rings. The molecule has 0 spiro atoms. The Morgan fingerprint density at radius 2 is 2.06 bits per heavy atom. The van der Waals surface area contributed by atoms with Crippen molar-refractivity contribution < 1.29 is 9.47 Å². The summed E-state index contributed by atoms with van der Waals surface area (Å²) in [4.78, 5) is 11.4. The van der Waals surface area contributed by atoms with Gasteiger partial charge in [-0.15, -0.1) is 24.0 Å². The van der Waals surface area contributed by atoms with Crippen LogP contribution in [-0.4, -0.2) is 49.4 Å². The van der Waals surface area contributed by atoms with Gasteiger partial charge in [0, 0.05) is 44.9 Å². The van der Waals surface area contributed by atoms with Gasteiger partial charge in [0.15, 0.2) is 5.96 Å². The molecule has 0 amide bonds. The minimum atomic E-state index is -0.235. The van der Waals surface area contributed by atoms with Crippen LogP contribution in [0.4, 0.5) is 5.82 Å². The standard InChI is InChI=1S/C24H33N5O2.HI/c1-17-16-29(11-12-30-17)22-10-9-18(14-26-22)15-27-23(25-4)28-20-13-24(2,3)31-21-8-6-5-7-19(20)21;/h5-10,14,17,20H,11-13,15-16H2,1-4H3,(H2,25,27,28);1H. The van der Waals surface area contributed by atoms with Gasteiger partial charge in [0.2, 0.25) is 0 Å². The van der Waals surface area contributed by atoms with Crippen molar-refractivity contribution in [3.8, 4) is 5.75 Å². The fraction of sp³-hybridized carbons (Fsp3) is 0.500. The van der Waals surface area contributed by atoms with Crippen LogP contribution in [0.3, 0.4) is 0 Å². The molecule has 32 heavy (non-hydrogen) atoms. The Balaban J connectivity index is 0.00000289. The van der Waals surface area contributed by atoms with Crippen molar-refractivity contribution in [1.82, 2.24) is 15.6 Å². The van der Waals surface area contributed by atoms with Crippen LogP contribution in [0.5, 0.6) is 5.75 Å². The average molecular weight is 551 g/mol. The van der Waals surface area contributed by atoms with E-state index in [1.54, 1.807) is 7.05 Å². The van der Waals surface area contributed by atoms with Crippen molar-refractivity contribution in [2.24, 2.45) is 4.99 Å². The number of morpholine rings is 1. The SMILES string of the molecule is CN=C(NCc1ccc(N2CCOC(C)C2)nc1)NC1CC(C)(C)Oc2ccccc21.I. The van der Waals surface area contributed by atoms with E-state index in [4.69, 9.17) is 9.47 Å². The Hall–Kier alpha value is -2.07. The molecule has 1 aromatic heterocycles. The fourth-order valence-corrected chi connectivity index (χ4v) is 4.21. The molecule has 1 saturated heterocycles. The van der Waals surface area contributed by atoms with E-state index >= 15 is 0 Å². The highest BCUT2D eigenvalue weighted by atomic mass is 127. The van der Waals surface area contributed by atoms with Crippen LogP contribution in [0.15, 0.2) is 47.6 Å². The van der Waals surface area contributed by atoms with Gasteiger partial charge in [-0.25, -0.2) is 4.98 Å². The Bertz CT molecular complexity index is 919. The van der Waals surface area contributed by atoms with E-state index in [9.17, 15) is 0 Å². The third-order valence-corrected chi connectivity index (χ3v) is 5.75. The summed E-state index contributed by atoms with van der Waals surface area (Å²) < 4.78 is 11.8. The predicted molar refractivity (Wildman–Crippen MR) is 139 cm³/mol. The summed E-state index contributed by atoms with van der Waals surface area (Å²) in [5, 5.41) is 6.99. The number of aliphatic imine (C=N–C) groups is 1. The lowest BCUT2D eigenvalue weighted by atomic mass is 9.90. The summed E-state index contributed by atoms with van der Waals surface area (Å²) in [6, 6.07) is 12.5. The number of ether oxygens (including phenoxy) is 2. The van der Waals surface area contributed by atoms with Gasteiger partial charge in [0.05, 0.1) is 18.8 Å². The minimum Gasteiger partial charge on any atom is -0.487 e. The maximum Gasteiger partial charge on any atom is 0.191 e. The van der Waals surface area contributed by atoms with Gasteiger partial charge in [-0.05, 0) is 38.5 Å². The number of hydrogen-bond acceptors (Lipinski definition) is 5. The first kappa shape index (κ1) is 24.6. The van der Waals surface area contributed by atoms with E-state index in [1.165, 1.54) is 0 Å². The number of para-hydroxylation sites is 1. The second kappa shape index (κ2) is 10.7. The smallest absolute Gasteiger partial charge is 0.191 e. The predicted octanol–water partition coefficient (Wildman–Crippen LogP) is 3.89. The van der Waals surface area contributed by atoms with Crippen molar-refractivity contribution in [1.29, 1.82) is 0 Å². The lowest BCUT2D eigenvalue weighted by molar-refractivity contribution is 0.0529. The molecule has 1 fully saturated rings. The van der Waals surface area contributed by atoms with Crippen molar-refractivity contribution in [3.05, 3.63) is 53.7 Å². The molecule has 2 N–H and O–H groups in total. The molecule has 4 rings (SSSR count). The van der Waals surface area contributed by atoms with Gasteiger partial charge in [-0.1, -0.05) is 24.3 Å². The highest BCUT2D eigenvalue weighted by Crippen LogP contribution is 2.39. The summed E-state index contributed by atoms with van der Waals surface area (Å²) in [6.45, 7) is 9.51. The van der Waals surface area contributed by atoms with Crippen LogP contribution in [-0.2, 0) is 11.3 Å². The van der Waals surface area contributed by atoms with Crippen LogP contribution in [0.1, 0.15) is 44.4 Å². The van der Waals surface area contributed by atoms with E-state index < -0.39 is 0 Å². The highest BCUT2D eigenvalue weighted by molar-refractivity contribution is 14.0.